The number of ether oxygens (including phenoxy) is 1. The van der Waals surface area contributed by atoms with Crippen molar-refractivity contribution < 1.29 is 9.13 Å². The normalized spacial score (nSPS) is 18.4. The minimum Gasteiger partial charge on any atom is -0.473 e. The van der Waals surface area contributed by atoms with E-state index in [1.165, 1.54) is 10.8 Å². The van der Waals surface area contributed by atoms with Gasteiger partial charge in [0.1, 0.15) is 17.6 Å². The monoisotopic (exact) mass is 406 g/mol. The Morgan fingerprint density at radius 2 is 1.93 bits per heavy atom. The Morgan fingerprint density at radius 3 is 2.76 bits per heavy atom. The molecule has 0 amide bonds. The van der Waals surface area contributed by atoms with Gasteiger partial charge in [-0.25, -0.2) is 19.3 Å². The molecule has 1 N–H and O–H groups in total. The summed E-state index contributed by atoms with van der Waals surface area (Å²) >= 11 is 1.66. The van der Waals surface area contributed by atoms with Crippen LogP contribution in [-0.4, -0.2) is 27.1 Å². The number of halogens is 1. The molecule has 5 rings (SSSR count). The molecule has 0 saturated heterocycles. The lowest BCUT2D eigenvalue weighted by atomic mass is 9.89. The maximum atomic E-state index is 14.0. The van der Waals surface area contributed by atoms with Gasteiger partial charge in [-0.3, -0.25) is 0 Å². The van der Waals surface area contributed by atoms with Crippen molar-refractivity contribution in [3.8, 4) is 17.1 Å². The van der Waals surface area contributed by atoms with Crippen molar-refractivity contribution in [2.75, 3.05) is 5.32 Å². The molecule has 7 heteroatoms. The van der Waals surface area contributed by atoms with Gasteiger partial charge in [-0.15, -0.1) is 0 Å². The zero-order valence-corrected chi connectivity index (χ0v) is 16.6. The van der Waals surface area contributed by atoms with Crippen molar-refractivity contribution >= 4 is 26.7 Å². The molecule has 0 atom stereocenters. The second-order valence-electron chi connectivity index (χ2n) is 7.21. The first-order chi connectivity index (χ1) is 14.2. The summed E-state index contributed by atoms with van der Waals surface area (Å²) in [5.41, 5.74) is 2.85. The van der Waals surface area contributed by atoms with Crippen molar-refractivity contribution in [1.29, 1.82) is 0 Å². The van der Waals surface area contributed by atoms with Crippen LogP contribution >= 0.6 is 11.3 Å². The van der Waals surface area contributed by atoms with Crippen LogP contribution in [0.4, 0.5) is 9.52 Å². The molecule has 29 heavy (non-hydrogen) atoms. The Morgan fingerprint density at radius 1 is 1.10 bits per heavy atom. The van der Waals surface area contributed by atoms with E-state index in [4.69, 9.17) is 4.74 Å². The number of thiazole rings is 1. The summed E-state index contributed by atoms with van der Waals surface area (Å²) in [6.07, 6.45) is 4.95. The van der Waals surface area contributed by atoms with Crippen LogP contribution in [0.3, 0.4) is 0 Å². The lowest BCUT2D eigenvalue weighted by Gasteiger charge is -2.35. The van der Waals surface area contributed by atoms with Gasteiger partial charge in [0.15, 0.2) is 5.13 Å². The number of para-hydroxylation sites is 1. The Kier molecular flexibility index (Phi) is 4.60. The zero-order chi connectivity index (χ0) is 19.8. The highest BCUT2D eigenvalue weighted by Crippen LogP contribution is 2.34. The summed E-state index contributed by atoms with van der Waals surface area (Å²) in [6.45, 7) is 1.74. The molecule has 1 saturated carbocycles. The standard InChI is InChI=1S/C22H19FN4OS/c1-13-6-7-14(10-17(13)23)20-21(25-9-8-24-20)28-16-11-15(12-16)26-22-27-18-4-2-3-5-19(18)29-22/h2-10,15-16H,11-12H2,1H3,(H,26,27)/t15-,16+. The smallest absolute Gasteiger partial charge is 0.240 e. The number of benzene rings is 2. The first kappa shape index (κ1) is 18.0. The highest BCUT2D eigenvalue weighted by molar-refractivity contribution is 7.22. The number of aryl methyl sites for hydroxylation is 1. The highest BCUT2D eigenvalue weighted by atomic mass is 32.1. The lowest BCUT2D eigenvalue weighted by molar-refractivity contribution is 0.103. The van der Waals surface area contributed by atoms with E-state index in [1.54, 1.807) is 36.7 Å². The minimum atomic E-state index is -0.261. The van der Waals surface area contributed by atoms with Gasteiger partial charge < -0.3 is 10.1 Å². The number of nitrogens with one attached hydrogen (secondary N) is 1. The van der Waals surface area contributed by atoms with E-state index < -0.39 is 0 Å². The summed E-state index contributed by atoms with van der Waals surface area (Å²) in [5.74, 6) is 0.182. The molecule has 0 aliphatic heterocycles. The molecular weight excluding hydrogens is 387 g/mol. The molecule has 2 aromatic carbocycles. The average molecular weight is 406 g/mol. The van der Waals surface area contributed by atoms with Crippen molar-refractivity contribution in [3.63, 3.8) is 0 Å². The van der Waals surface area contributed by atoms with Crippen molar-refractivity contribution in [2.45, 2.75) is 31.9 Å². The van der Waals surface area contributed by atoms with Gasteiger partial charge in [-0.2, -0.15) is 0 Å². The van der Waals surface area contributed by atoms with Crippen LogP contribution in [-0.2, 0) is 0 Å². The number of fused-ring (bicyclic) bond motifs is 1. The molecule has 0 unspecified atom stereocenters. The van der Waals surface area contributed by atoms with E-state index >= 15 is 0 Å². The van der Waals surface area contributed by atoms with E-state index in [0.29, 0.717) is 28.7 Å². The zero-order valence-electron chi connectivity index (χ0n) is 15.8. The van der Waals surface area contributed by atoms with E-state index in [2.05, 4.69) is 26.3 Å². The second kappa shape index (κ2) is 7.40. The molecule has 146 valence electrons. The van der Waals surface area contributed by atoms with Crippen molar-refractivity contribution in [2.24, 2.45) is 0 Å². The molecule has 0 radical (unpaired) electrons. The lowest BCUT2D eigenvalue weighted by Crippen LogP contribution is -2.42. The van der Waals surface area contributed by atoms with Crippen LogP contribution in [0.5, 0.6) is 5.88 Å². The van der Waals surface area contributed by atoms with Crippen molar-refractivity contribution in [3.05, 3.63) is 66.2 Å². The summed E-state index contributed by atoms with van der Waals surface area (Å²) in [7, 11) is 0. The Balaban J connectivity index is 1.25. The second-order valence-corrected chi connectivity index (χ2v) is 8.24. The van der Waals surface area contributed by atoms with E-state index in [0.717, 1.165) is 23.5 Å². The summed E-state index contributed by atoms with van der Waals surface area (Å²) in [6, 6.07) is 13.5. The van der Waals surface area contributed by atoms with Crippen LogP contribution < -0.4 is 10.1 Å². The predicted octanol–water partition coefficient (Wildman–Crippen LogP) is 5.22. The van der Waals surface area contributed by atoms with Gasteiger partial charge >= 0.3 is 0 Å². The Labute approximate surface area is 171 Å². The minimum absolute atomic E-state index is 0.0487. The van der Waals surface area contributed by atoms with Crippen LogP contribution in [0.15, 0.2) is 54.9 Å². The van der Waals surface area contributed by atoms with E-state index in [9.17, 15) is 4.39 Å². The summed E-state index contributed by atoms with van der Waals surface area (Å²) < 4.78 is 21.2. The molecule has 0 spiro atoms. The van der Waals surface area contributed by atoms with Gasteiger partial charge in [0.25, 0.3) is 0 Å². The molecule has 5 nitrogen and oxygen atoms in total. The molecule has 1 aliphatic rings. The predicted molar refractivity (Wildman–Crippen MR) is 113 cm³/mol. The number of hydrogen-bond donors (Lipinski definition) is 1. The number of nitrogens with zero attached hydrogens (tertiary/aromatic N) is 3. The molecule has 1 fully saturated rings. The number of rotatable bonds is 5. The van der Waals surface area contributed by atoms with E-state index in [-0.39, 0.29) is 11.9 Å². The fourth-order valence-electron chi connectivity index (χ4n) is 3.40. The largest absolute Gasteiger partial charge is 0.473 e. The van der Waals surface area contributed by atoms with Gasteiger partial charge in [-0.05, 0) is 30.7 Å². The first-order valence-corrected chi connectivity index (χ1v) is 10.3. The number of anilines is 1. The van der Waals surface area contributed by atoms with Crippen LogP contribution in [0.2, 0.25) is 0 Å². The van der Waals surface area contributed by atoms with Crippen LogP contribution in [0, 0.1) is 12.7 Å². The molecule has 0 bridgehead atoms. The topological polar surface area (TPSA) is 59.9 Å². The first-order valence-electron chi connectivity index (χ1n) is 9.52. The molecule has 2 aromatic heterocycles. The quantitative estimate of drug-likeness (QED) is 0.492. The van der Waals surface area contributed by atoms with Crippen LogP contribution in [0.1, 0.15) is 18.4 Å². The Hall–Kier alpha value is -3.06. The van der Waals surface area contributed by atoms with Crippen molar-refractivity contribution in [1.82, 2.24) is 15.0 Å². The summed E-state index contributed by atoms with van der Waals surface area (Å²) in [4.78, 5) is 13.3. The summed E-state index contributed by atoms with van der Waals surface area (Å²) in [5, 5.41) is 4.42. The fraction of sp³-hybridized carbons (Fsp3) is 0.227. The Bertz CT molecular complexity index is 1140. The number of aromatic nitrogens is 3. The third-order valence-electron chi connectivity index (χ3n) is 5.10. The average Bonchev–Trinajstić information content (AvgIpc) is 3.11. The third-order valence-corrected chi connectivity index (χ3v) is 6.07. The number of hydrogen-bond acceptors (Lipinski definition) is 6. The fourth-order valence-corrected chi connectivity index (χ4v) is 4.34. The van der Waals surface area contributed by atoms with Gasteiger partial charge in [0.2, 0.25) is 5.88 Å². The highest BCUT2D eigenvalue weighted by Gasteiger charge is 2.32. The van der Waals surface area contributed by atoms with Gasteiger partial charge in [0, 0.05) is 36.8 Å². The maximum Gasteiger partial charge on any atom is 0.240 e. The maximum absolute atomic E-state index is 14.0. The van der Waals surface area contributed by atoms with Gasteiger partial charge in [-0.1, -0.05) is 35.6 Å². The van der Waals surface area contributed by atoms with Crippen LogP contribution in [0.25, 0.3) is 21.5 Å². The molecule has 1 aliphatic carbocycles. The van der Waals surface area contributed by atoms with E-state index in [1.807, 2.05) is 24.3 Å². The molecular formula is C22H19FN4OS. The molecule has 2 heterocycles. The van der Waals surface area contributed by atoms with Gasteiger partial charge in [0.05, 0.1) is 10.2 Å². The molecule has 4 aromatic rings. The third kappa shape index (κ3) is 3.65. The SMILES string of the molecule is Cc1ccc(-c2nccnc2O[C@H]2C[C@@H](Nc3nc4ccccc4s3)C2)cc1F.